The van der Waals surface area contributed by atoms with E-state index in [1.807, 2.05) is 12.3 Å². The fourth-order valence-electron chi connectivity index (χ4n) is 3.70. The van der Waals surface area contributed by atoms with E-state index in [0.29, 0.717) is 44.3 Å². The first-order chi connectivity index (χ1) is 16.7. The Morgan fingerprint density at radius 1 is 1.09 bits per heavy atom. The first kappa shape index (κ1) is 22.8. The molecule has 0 amide bonds. The topological polar surface area (TPSA) is 114 Å². The molecule has 0 aliphatic carbocycles. The van der Waals surface area contributed by atoms with Crippen molar-refractivity contribution in [2.75, 3.05) is 12.9 Å². The second-order valence-corrected chi connectivity index (χ2v) is 9.47. The molecule has 5 aromatic rings. The van der Waals surface area contributed by atoms with Crippen LogP contribution in [0.3, 0.4) is 0 Å². The van der Waals surface area contributed by atoms with Crippen LogP contribution in [0.1, 0.15) is 20.8 Å². The standard InChI is InChI=1S/C24H22N6O4S/c1-24(2,3)34-19(31)13-33-14-8-9-15-17(11-14)29(18-7-5-6-10-25-18)30-21(15)27-20-16(22(30)32)12-26-23(28-20)35-4/h5-12H,13H2,1-4H3. The van der Waals surface area contributed by atoms with Gasteiger partial charge in [0.15, 0.2) is 28.9 Å². The van der Waals surface area contributed by atoms with Crippen LogP contribution in [-0.4, -0.2) is 53.6 Å². The highest BCUT2D eigenvalue weighted by Gasteiger charge is 2.20. The van der Waals surface area contributed by atoms with Crippen molar-refractivity contribution >= 4 is 45.3 Å². The van der Waals surface area contributed by atoms with Gasteiger partial charge in [0.25, 0.3) is 5.56 Å². The predicted molar refractivity (Wildman–Crippen MR) is 132 cm³/mol. The van der Waals surface area contributed by atoms with Crippen molar-refractivity contribution in [2.24, 2.45) is 0 Å². The summed E-state index contributed by atoms with van der Waals surface area (Å²) in [6.45, 7) is 5.14. The third-order valence-electron chi connectivity index (χ3n) is 5.05. The van der Waals surface area contributed by atoms with Gasteiger partial charge in [-0.05, 0) is 51.3 Å². The molecule has 4 heterocycles. The van der Waals surface area contributed by atoms with E-state index in [-0.39, 0.29) is 12.2 Å². The van der Waals surface area contributed by atoms with Gasteiger partial charge in [0.05, 0.1) is 5.52 Å². The molecule has 11 heteroatoms. The lowest BCUT2D eigenvalue weighted by Crippen LogP contribution is -2.27. The summed E-state index contributed by atoms with van der Waals surface area (Å²) < 4.78 is 14.1. The van der Waals surface area contributed by atoms with Gasteiger partial charge in [0, 0.05) is 23.8 Å². The molecule has 4 aromatic heterocycles. The highest BCUT2D eigenvalue weighted by molar-refractivity contribution is 7.98. The van der Waals surface area contributed by atoms with Crippen molar-refractivity contribution in [1.82, 2.24) is 29.1 Å². The lowest BCUT2D eigenvalue weighted by atomic mass is 10.2. The minimum absolute atomic E-state index is 0.248. The summed E-state index contributed by atoms with van der Waals surface area (Å²) in [6, 6.07) is 10.7. The van der Waals surface area contributed by atoms with Gasteiger partial charge in [-0.1, -0.05) is 17.8 Å². The van der Waals surface area contributed by atoms with Crippen LogP contribution >= 0.6 is 11.8 Å². The highest BCUT2D eigenvalue weighted by Crippen LogP contribution is 2.28. The van der Waals surface area contributed by atoms with Crippen LogP contribution in [0.4, 0.5) is 0 Å². The lowest BCUT2D eigenvalue weighted by Gasteiger charge is -2.19. The molecule has 0 saturated carbocycles. The Labute approximate surface area is 203 Å². The van der Waals surface area contributed by atoms with Gasteiger partial charge in [-0.25, -0.2) is 29.4 Å². The van der Waals surface area contributed by atoms with Crippen LogP contribution in [0, 0.1) is 0 Å². The zero-order chi connectivity index (χ0) is 24.7. The fourth-order valence-corrected chi connectivity index (χ4v) is 4.04. The molecule has 0 atom stereocenters. The smallest absolute Gasteiger partial charge is 0.344 e. The van der Waals surface area contributed by atoms with Crippen LogP contribution in [0.2, 0.25) is 0 Å². The van der Waals surface area contributed by atoms with Gasteiger partial charge in [0.2, 0.25) is 0 Å². The zero-order valence-corrected chi connectivity index (χ0v) is 20.4. The van der Waals surface area contributed by atoms with Gasteiger partial charge < -0.3 is 9.47 Å². The third kappa shape index (κ3) is 4.30. The first-order valence-corrected chi connectivity index (χ1v) is 12.0. The summed E-state index contributed by atoms with van der Waals surface area (Å²) in [5, 5.41) is 1.52. The van der Waals surface area contributed by atoms with E-state index >= 15 is 0 Å². The Bertz CT molecular complexity index is 1640. The van der Waals surface area contributed by atoms with Crippen molar-refractivity contribution < 1.29 is 14.3 Å². The van der Waals surface area contributed by atoms with Crippen molar-refractivity contribution in [3.8, 4) is 11.6 Å². The Morgan fingerprint density at radius 2 is 1.91 bits per heavy atom. The van der Waals surface area contributed by atoms with Crippen LogP contribution in [0.5, 0.6) is 5.75 Å². The van der Waals surface area contributed by atoms with E-state index in [4.69, 9.17) is 14.5 Å². The maximum atomic E-state index is 13.6. The largest absolute Gasteiger partial charge is 0.482 e. The number of rotatable bonds is 5. The Hall–Kier alpha value is -3.99. The molecule has 0 fully saturated rings. The molecule has 10 nitrogen and oxygen atoms in total. The van der Waals surface area contributed by atoms with Crippen molar-refractivity contribution in [2.45, 2.75) is 31.5 Å². The Balaban J connectivity index is 1.71. The molecule has 0 bridgehead atoms. The number of thioether (sulfide) groups is 1. The molecule has 0 saturated heterocycles. The number of ether oxygens (including phenoxy) is 2. The van der Waals surface area contributed by atoms with Crippen LogP contribution in [0.25, 0.3) is 33.4 Å². The fraction of sp³-hybridized carbons (Fsp3) is 0.250. The lowest BCUT2D eigenvalue weighted by molar-refractivity contribution is -0.157. The van der Waals surface area contributed by atoms with Crippen LogP contribution < -0.4 is 10.3 Å². The van der Waals surface area contributed by atoms with Crippen LogP contribution in [0.15, 0.2) is 58.7 Å². The van der Waals surface area contributed by atoms with Gasteiger partial charge in [-0.15, -0.1) is 0 Å². The van der Waals surface area contributed by atoms with Crippen molar-refractivity contribution in [3.05, 3.63) is 59.1 Å². The SMILES string of the molecule is CSc1ncc2c(=O)n3c(nc2n1)c1ccc(OCC(=O)OC(C)(C)C)cc1n3-c1ccccn1. The first-order valence-electron chi connectivity index (χ1n) is 10.8. The molecule has 35 heavy (non-hydrogen) atoms. The molecule has 5 rings (SSSR count). The van der Waals surface area contributed by atoms with E-state index < -0.39 is 11.6 Å². The van der Waals surface area contributed by atoms with E-state index in [1.54, 1.807) is 62.0 Å². The minimum atomic E-state index is -0.607. The van der Waals surface area contributed by atoms with E-state index in [1.165, 1.54) is 22.5 Å². The molecule has 0 spiro atoms. The predicted octanol–water partition coefficient (Wildman–Crippen LogP) is 3.42. The number of esters is 1. The van der Waals surface area contributed by atoms with Crippen molar-refractivity contribution in [3.63, 3.8) is 0 Å². The quantitative estimate of drug-likeness (QED) is 0.208. The summed E-state index contributed by atoms with van der Waals surface area (Å²) in [5.74, 6) is 0.474. The van der Waals surface area contributed by atoms with Crippen LogP contribution in [-0.2, 0) is 9.53 Å². The average Bonchev–Trinajstić information content (AvgIpc) is 3.16. The normalized spacial score (nSPS) is 11.9. The number of carbonyl (C=O) groups excluding carboxylic acids is 1. The maximum absolute atomic E-state index is 13.6. The number of nitrogens with zero attached hydrogens (tertiary/aromatic N) is 6. The third-order valence-corrected chi connectivity index (χ3v) is 5.61. The number of benzene rings is 1. The zero-order valence-electron chi connectivity index (χ0n) is 19.6. The molecule has 0 radical (unpaired) electrons. The second-order valence-electron chi connectivity index (χ2n) is 8.70. The molecule has 0 aliphatic heterocycles. The number of fused-ring (bicyclic) bond motifs is 4. The average molecular weight is 491 g/mol. The van der Waals surface area contributed by atoms with E-state index in [0.717, 1.165) is 0 Å². The maximum Gasteiger partial charge on any atom is 0.344 e. The summed E-state index contributed by atoms with van der Waals surface area (Å²) in [5.41, 5.74) is 0.440. The number of aromatic nitrogens is 6. The summed E-state index contributed by atoms with van der Waals surface area (Å²) >= 11 is 1.37. The molecular weight excluding hydrogens is 468 g/mol. The molecule has 1 aromatic carbocycles. The molecule has 0 unspecified atom stereocenters. The van der Waals surface area contributed by atoms with E-state index in [2.05, 4.69) is 15.0 Å². The Morgan fingerprint density at radius 3 is 2.63 bits per heavy atom. The van der Waals surface area contributed by atoms with Gasteiger partial charge >= 0.3 is 5.97 Å². The number of pyridine rings is 1. The number of carbonyl (C=O) groups is 1. The summed E-state index contributed by atoms with van der Waals surface area (Å²) in [4.78, 5) is 43.5. The summed E-state index contributed by atoms with van der Waals surface area (Å²) in [7, 11) is 0. The van der Waals surface area contributed by atoms with Gasteiger partial charge in [-0.3, -0.25) is 4.79 Å². The number of hydrogen-bond acceptors (Lipinski definition) is 9. The number of hydrogen-bond donors (Lipinski definition) is 0. The minimum Gasteiger partial charge on any atom is -0.482 e. The van der Waals surface area contributed by atoms with Gasteiger partial charge in [0.1, 0.15) is 16.7 Å². The molecule has 0 aliphatic rings. The highest BCUT2D eigenvalue weighted by atomic mass is 32.2. The van der Waals surface area contributed by atoms with Gasteiger partial charge in [-0.2, -0.15) is 4.52 Å². The molecular formula is C24H22N6O4S. The summed E-state index contributed by atoms with van der Waals surface area (Å²) in [6.07, 6.45) is 4.99. The second kappa shape index (κ2) is 8.66. The molecule has 0 N–H and O–H groups in total. The van der Waals surface area contributed by atoms with Crippen molar-refractivity contribution in [1.29, 1.82) is 0 Å². The monoisotopic (exact) mass is 490 g/mol. The Kier molecular flexibility index (Phi) is 5.64. The van der Waals surface area contributed by atoms with E-state index in [9.17, 15) is 9.59 Å². The molecule has 178 valence electrons.